The maximum Gasteiger partial charge on any atom is 0.213 e. The summed E-state index contributed by atoms with van der Waals surface area (Å²) in [6, 6.07) is 15.4. The number of pyridine rings is 1. The molecule has 0 radical (unpaired) electrons. The highest BCUT2D eigenvalue weighted by Gasteiger charge is 2.09. The first-order valence-corrected chi connectivity index (χ1v) is 9.63. The minimum absolute atomic E-state index is 0.486. The zero-order chi connectivity index (χ0) is 20.5. The molecule has 29 heavy (non-hydrogen) atoms. The lowest BCUT2D eigenvalue weighted by Gasteiger charge is -2.16. The van der Waals surface area contributed by atoms with Gasteiger partial charge in [0.1, 0.15) is 11.5 Å². The number of carbonyl (C=O) groups is 1. The third-order valence-electron chi connectivity index (χ3n) is 4.28. The van der Waals surface area contributed by atoms with E-state index in [0.29, 0.717) is 31.1 Å². The van der Waals surface area contributed by atoms with Crippen molar-refractivity contribution >= 4 is 23.0 Å². The average molecular weight is 388 g/mol. The van der Waals surface area contributed by atoms with Crippen molar-refractivity contribution in [3.63, 3.8) is 0 Å². The van der Waals surface area contributed by atoms with Gasteiger partial charge in [-0.1, -0.05) is 24.8 Å². The molecule has 0 atom stereocenters. The van der Waals surface area contributed by atoms with Crippen molar-refractivity contribution in [2.75, 3.05) is 25.2 Å². The minimum atomic E-state index is 0.486. The van der Waals surface area contributed by atoms with E-state index in [9.17, 15) is 4.79 Å². The van der Waals surface area contributed by atoms with Crippen LogP contribution >= 0.6 is 0 Å². The standard InChI is InChI=1S/C24H24N2O3/c1-3-15-28-24-13-12-19(17-22(24)26(2)18-27)8-4-5-16-29-23-11-6-10-21-20(23)9-7-14-25-21/h6-7,9-14,17-18H,3,5,15-16H2,1-2H3. The number of ether oxygens (including phenoxy) is 2. The van der Waals surface area contributed by atoms with E-state index in [1.54, 1.807) is 13.2 Å². The van der Waals surface area contributed by atoms with Gasteiger partial charge >= 0.3 is 0 Å². The minimum Gasteiger partial charge on any atom is -0.492 e. The van der Waals surface area contributed by atoms with Gasteiger partial charge < -0.3 is 14.4 Å². The van der Waals surface area contributed by atoms with Gasteiger partial charge in [-0.05, 0) is 48.9 Å². The van der Waals surface area contributed by atoms with E-state index in [0.717, 1.165) is 35.0 Å². The van der Waals surface area contributed by atoms with Gasteiger partial charge in [0.05, 0.1) is 24.4 Å². The summed E-state index contributed by atoms with van der Waals surface area (Å²) in [7, 11) is 1.70. The van der Waals surface area contributed by atoms with Crippen molar-refractivity contribution in [1.82, 2.24) is 4.98 Å². The van der Waals surface area contributed by atoms with Gasteiger partial charge in [-0.15, -0.1) is 0 Å². The molecule has 0 unspecified atom stereocenters. The third kappa shape index (κ3) is 5.26. The summed E-state index contributed by atoms with van der Waals surface area (Å²) in [5.41, 5.74) is 2.44. The highest BCUT2D eigenvalue weighted by molar-refractivity contribution is 5.84. The molecule has 3 rings (SSSR count). The lowest BCUT2D eigenvalue weighted by atomic mass is 10.1. The Morgan fingerprint density at radius 3 is 2.76 bits per heavy atom. The summed E-state index contributed by atoms with van der Waals surface area (Å²) < 4.78 is 11.6. The van der Waals surface area contributed by atoms with Crippen LogP contribution < -0.4 is 14.4 Å². The number of nitrogens with zero attached hydrogens (tertiary/aromatic N) is 2. The molecular formula is C24H24N2O3. The number of hydrogen-bond acceptors (Lipinski definition) is 4. The number of anilines is 1. The number of benzene rings is 2. The quantitative estimate of drug-likeness (QED) is 0.325. The van der Waals surface area contributed by atoms with Gasteiger partial charge in [0.25, 0.3) is 0 Å². The van der Waals surface area contributed by atoms with Crippen LogP contribution in [0.5, 0.6) is 11.5 Å². The summed E-state index contributed by atoms with van der Waals surface area (Å²) in [5, 5.41) is 0.993. The fourth-order valence-corrected chi connectivity index (χ4v) is 2.84. The highest BCUT2D eigenvalue weighted by Crippen LogP contribution is 2.28. The van der Waals surface area contributed by atoms with Crippen LogP contribution in [-0.2, 0) is 4.79 Å². The van der Waals surface area contributed by atoms with Crippen LogP contribution in [0.25, 0.3) is 10.9 Å². The van der Waals surface area contributed by atoms with Gasteiger partial charge in [-0.25, -0.2) is 0 Å². The molecule has 0 saturated heterocycles. The second-order valence-electron chi connectivity index (χ2n) is 6.47. The second kappa shape index (κ2) is 10.1. The number of aromatic nitrogens is 1. The molecule has 5 heteroatoms. The van der Waals surface area contributed by atoms with E-state index in [1.807, 2.05) is 55.5 Å². The molecule has 1 aromatic heterocycles. The summed E-state index contributed by atoms with van der Waals surface area (Å²) in [6.45, 7) is 3.13. The fourth-order valence-electron chi connectivity index (χ4n) is 2.84. The van der Waals surface area contributed by atoms with Crippen molar-refractivity contribution in [3.05, 3.63) is 60.3 Å². The first-order chi connectivity index (χ1) is 14.2. The Balaban J connectivity index is 1.64. The fraction of sp³-hybridized carbons (Fsp3) is 0.250. The number of hydrogen-bond donors (Lipinski definition) is 0. The zero-order valence-electron chi connectivity index (χ0n) is 16.7. The molecule has 1 heterocycles. The Bertz CT molecular complexity index is 1030. The van der Waals surface area contributed by atoms with Crippen LogP contribution in [0.15, 0.2) is 54.7 Å². The zero-order valence-corrected chi connectivity index (χ0v) is 16.7. The molecule has 3 aromatic rings. The number of amides is 1. The Morgan fingerprint density at radius 2 is 1.93 bits per heavy atom. The van der Waals surface area contributed by atoms with Gasteiger partial charge in [0, 0.05) is 30.6 Å². The summed E-state index contributed by atoms with van der Waals surface area (Å²) in [5.74, 6) is 7.75. The Hall–Kier alpha value is -3.52. The van der Waals surface area contributed by atoms with Crippen LogP contribution in [0.1, 0.15) is 25.3 Å². The average Bonchev–Trinajstić information content (AvgIpc) is 2.77. The van der Waals surface area contributed by atoms with Crippen LogP contribution in [-0.4, -0.2) is 31.7 Å². The lowest BCUT2D eigenvalue weighted by molar-refractivity contribution is -0.107. The van der Waals surface area contributed by atoms with Crippen LogP contribution in [0.4, 0.5) is 5.69 Å². The van der Waals surface area contributed by atoms with E-state index in [4.69, 9.17) is 9.47 Å². The van der Waals surface area contributed by atoms with E-state index >= 15 is 0 Å². The Morgan fingerprint density at radius 1 is 1.07 bits per heavy atom. The van der Waals surface area contributed by atoms with Gasteiger partial charge in [0.15, 0.2) is 0 Å². The van der Waals surface area contributed by atoms with Crippen molar-refractivity contribution in [1.29, 1.82) is 0 Å². The summed E-state index contributed by atoms with van der Waals surface area (Å²) in [6.07, 6.45) is 4.02. The summed E-state index contributed by atoms with van der Waals surface area (Å²) in [4.78, 5) is 17.0. The topological polar surface area (TPSA) is 51.7 Å². The second-order valence-corrected chi connectivity index (χ2v) is 6.47. The molecular weight excluding hydrogens is 364 g/mol. The molecule has 0 aliphatic heterocycles. The number of rotatable bonds is 8. The van der Waals surface area contributed by atoms with E-state index in [2.05, 4.69) is 16.8 Å². The van der Waals surface area contributed by atoms with Crippen molar-refractivity contribution in [2.45, 2.75) is 19.8 Å². The SMILES string of the molecule is CCCOc1ccc(C#CCCOc2cccc3ncccc23)cc1N(C)C=O. The first kappa shape index (κ1) is 20.2. The van der Waals surface area contributed by atoms with E-state index < -0.39 is 0 Å². The molecule has 0 bridgehead atoms. The molecule has 0 N–H and O–H groups in total. The van der Waals surface area contributed by atoms with Gasteiger partial charge in [-0.3, -0.25) is 9.78 Å². The molecule has 148 valence electrons. The van der Waals surface area contributed by atoms with E-state index in [1.165, 1.54) is 4.90 Å². The monoisotopic (exact) mass is 388 g/mol. The normalized spacial score (nSPS) is 10.1. The maximum atomic E-state index is 11.2. The third-order valence-corrected chi connectivity index (χ3v) is 4.28. The van der Waals surface area contributed by atoms with Crippen LogP contribution in [0.2, 0.25) is 0 Å². The van der Waals surface area contributed by atoms with Crippen LogP contribution in [0, 0.1) is 11.8 Å². The number of fused-ring (bicyclic) bond motifs is 1. The molecule has 0 spiro atoms. The smallest absolute Gasteiger partial charge is 0.213 e. The van der Waals surface area contributed by atoms with Crippen LogP contribution in [0.3, 0.4) is 0 Å². The number of carbonyl (C=O) groups excluding carboxylic acids is 1. The molecule has 0 fully saturated rings. The van der Waals surface area contributed by atoms with E-state index in [-0.39, 0.29) is 0 Å². The first-order valence-electron chi connectivity index (χ1n) is 9.63. The van der Waals surface area contributed by atoms with Crippen molar-refractivity contribution in [2.24, 2.45) is 0 Å². The molecule has 2 aromatic carbocycles. The summed E-state index contributed by atoms with van der Waals surface area (Å²) >= 11 is 0. The Labute approximate surface area is 171 Å². The van der Waals surface area contributed by atoms with Crippen molar-refractivity contribution in [3.8, 4) is 23.3 Å². The van der Waals surface area contributed by atoms with Gasteiger partial charge in [-0.2, -0.15) is 0 Å². The molecule has 5 nitrogen and oxygen atoms in total. The highest BCUT2D eigenvalue weighted by atomic mass is 16.5. The molecule has 0 aliphatic rings. The Kier molecular flexibility index (Phi) is 7.07. The predicted molar refractivity (Wildman–Crippen MR) is 115 cm³/mol. The maximum absolute atomic E-state index is 11.2. The van der Waals surface area contributed by atoms with Crippen molar-refractivity contribution < 1.29 is 14.3 Å². The molecule has 1 amide bonds. The lowest BCUT2D eigenvalue weighted by Crippen LogP contribution is -2.15. The van der Waals surface area contributed by atoms with Gasteiger partial charge in [0.2, 0.25) is 6.41 Å². The largest absolute Gasteiger partial charge is 0.492 e. The molecule has 0 saturated carbocycles. The predicted octanol–water partition coefficient (Wildman–Crippen LogP) is 4.44. The molecule has 0 aliphatic carbocycles.